The Bertz CT molecular complexity index is 502. The highest BCUT2D eigenvalue weighted by atomic mass is 32.2. The molecule has 1 aromatic rings. The summed E-state index contributed by atoms with van der Waals surface area (Å²) in [7, 11) is 0. The minimum absolute atomic E-state index is 0.0248. The molecular weight excluding hydrogens is 250 g/mol. The zero-order valence-electron chi connectivity index (χ0n) is 10.2. The molecule has 5 nitrogen and oxygen atoms in total. The zero-order chi connectivity index (χ0) is 13.3. The Labute approximate surface area is 110 Å². The van der Waals surface area contributed by atoms with Gasteiger partial charge in [-0.1, -0.05) is 0 Å². The van der Waals surface area contributed by atoms with Crippen LogP contribution in [0.5, 0.6) is 0 Å². The number of fused-ring (bicyclic) bond motifs is 1. The first-order valence-corrected chi connectivity index (χ1v) is 6.53. The number of carbonyl (C=O) groups is 2. The molecule has 1 aliphatic heterocycles. The number of amides is 2. The maximum Gasteiger partial charge on any atom is 0.240 e. The van der Waals surface area contributed by atoms with Crippen molar-refractivity contribution in [2.24, 2.45) is 5.73 Å². The topological polar surface area (TPSA) is 84.2 Å². The molecule has 1 heterocycles. The quantitative estimate of drug-likeness (QED) is 0.754. The fourth-order valence-corrected chi connectivity index (χ4v) is 2.47. The van der Waals surface area contributed by atoms with E-state index in [9.17, 15) is 9.59 Å². The molecule has 4 N–H and O–H groups in total. The summed E-state index contributed by atoms with van der Waals surface area (Å²) in [5.74, 6) is -0.277. The average Bonchev–Trinajstić information content (AvgIpc) is 2.31. The lowest BCUT2D eigenvalue weighted by molar-refractivity contribution is -0.117. The van der Waals surface area contributed by atoms with Crippen LogP contribution in [0.1, 0.15) is 13.8 Å². The van der Waals surface area contributed by atoms with Crippen molar-refractivity contribution in [3.8, 4) is 0 Å². The Morgan fingerprint density at radius 3 is 2.94 bits per heavy atom. The van der Waals surface area contributed by atoms with Gasteiger partial charge in [0.05, 0.1) is 17.0 Å². The standard InChI is InChI=1S/C12H15N3O2S/c1-6(13)11(16)14-8-3-4-10-9(5-8)15-12(17)7(2)18-10/h3-7H,13H2,1-2H3,(H,14,16)(H,15,17). The molecule has 0 aromatic heterocycles. The van der Waals surface area contributed by atoms with Crippen molar-refractivity contribution in [3.63, 3.8) is 0 Å². The summed E-state index contributed by atoms with van der Waals surface area (Å²) in [6.45, 7) is 3.47. The van der Waals surface area contributed by atoms with Crippen LogP contribution in [0.4, 0.5) is 11.4 Å². The van der Waals surface area contributed by atoms with Gasteiger partial charge in [-0.05, 0) is 32.0 Å². The van der Waals surface area contributed by atoms with Gasteiger partial charge in [-0.3, -0.25) is 9.59 Å². The van der Waals surface area contributed by atoms with Crippen molar-refractivity contribution in [2.45, 2.75) is 30.0 Å². The van der Waals surface area contributed by atoms with Gasteiger partial charge >= 0.3 is 0 Å². The third-order valence-corrected chi connectivity index (χ3v) is 3.77. The molecule has 2 amide bonds. The molecule has 18 heavy (non-hydrogen) atoms. The van der Waals surface area contributed by atoms with Gasteiger partial charge in [0.1, 0.15) is 0 Å². The molecule has 96 valence electrons. The van der Waals surface area contributed by atoms with E-state index in [4.69, 9.17) is 5.73 Å². The van der Waals surface area contributed by atoms with Crippen molar-refractivity contribution >= 4 is 35.0 Å². The van der Waals surface area contributed by atoms with E-state index in [-0.39, 0.29) is 17.1 Å². The second kappa shape index (κ2) is 4.99. The summed E-state index contributed by atoms with van der Waals surface area (Å²) >= 11 is 1.50. The molecular formula is C12H15N3O2S. The van der Waals surface area contributed by atoms with Gasteiger partial charge in [0.15, 0.2) is 0 Å². The monoisotopic (exact) mass is 265 g/mol. The van der Waals surface area contributed by atoms with Gasteiger partial charge in [0, 0.05) is 10.6 Å². The van der Waals surface area contributed by atoms with Gasteiger partial charge in [-0.15, -0.1) is 11.8 Å². The smallest absolute Gasteiger partial charge is 0.240 e. The molecule has 0 saturated carbocycles. The van der Waals surface area contributed by atoms with Gasteiger partial charge < -0.3 is 16.4 Å². The van der Waals surface area contributed by atoms with Crippen LogP contribution in [0.2, 0.25) is 0 Å². The molecule has 6 heteroatoms. The third-order valence-electron chi connectivity index (χ3n) is 2.59. The van der Waals surface area contributed by atoms with E-state index < -0.39 is 6.04 Å². The lowest BCUT2D eigenvalue weighted by atomic mass is 10.2. The largest absolute Gasteiger partial charge is 0.325 e. The first-order chi connectivity index (χ1) is 8.47. The Morgan fingerprint density at radius 1 is 1.56 bits per heavy atom. The summed E-state index contributed by atoms with van der Waals surface area (Å²) in [6, 6.07) is 4.86. The van der Waals surface area contributed by atoms with E-state index in [2.05, 4.69) is 10.6 Å². The van der Waals surface area contributed by atoms with Crippen molar-refractivity contribution in [3.05, 3.63) is 18.2 Å². The second-order valence-electron chi connectivity index (χ2n) is 4.24. The van der Waals surface area contributed by atoms with Crippen LogP contribution in [0, 0.1) is 0 Å². The highest BCUT2D eigenvalue weighted by Gasteiger charge is 2.23. The normalized spacial score (nSPS) is 19.7. The summed E-state index contributed by atoms with van der Waals surface area (Å²) < 4.78 is 0. The molecule has 0 aliphatic carbocycles. The highest BCUT2D eigenvalue weighted by Crippen LogP contribution is 2.36. The number of hydrogen-bond donors (Lipinski definition) is 3. The number of anilines is 2. The number of hydrogen-bond acceptors (Lipinski definition) is 4. The van der Waals surface area contributed by atoms with Crippen LogP contribution in [-0.4, -0.2) is 23.1 Å². The molecule has 2 unspecified atom stereocenters. The molecule has 0 spiro atoms. The molecule has 0 saturated heterocycles. The molecule has 0 bridgehead atoms. The Morgan fingerprint density at radius 2 is 2.28 bits per heavy atom. The number of rotatable bonds is 2. The van der Waals surface area contributed by atoms with Crippen LogP contribution in [0.25, 0.3) is 0 Å². The molecule has 1 aliphatic rings. The van der Waals surface area contributed by atoms with Crippen LogP contribution >= 0.6 is 11.8 Å². The summed E-state index contributed by atoms with van der Waals surface area (Å²) in [6.07, 6.45) is 0. The Balaban J connectivity index is 2.20. The SMILES string of the molecule is CC(N)C(=O)Nc1ccc2c(c1)NC(=O)C(C)S2. The number of nitrogens with one attached hydrogen (secondary N) is 2. The molecule has 0 fully saturated rings. The van der Waals surface area contributed by atoms with Crippen LogP contribution in [0.15, 0.2) is 23.1 Å². The predicted octanol–water partition coefficient (Wildman–Crippen LogP) is 1.40. The first-order valence-electron chi connectivity index (χ1n) is 5.65. The molecule has 2 atom stereocenters. The van der Waals surface area contributed by atoms with E-state index in [0.717, 1.165) is 10.6 Å². The van der Waals surface area contributed by atoms with Crippen molar-refractivity contribution in [2.75, 3.05) is 10.6 Å². The summed E-state index contributed by atoms with van der Waals surface area (Å²) in [5.41, 5.74) is 6.83. The highest BCUT2D eigenvalue weighted by molar-refractivity contribution is 8.00. The maximum atomic E-state index is 11.6. The maximum absolute atomic E-state index is 11.6. The lowest BCUT2D eigenvalue weighted by Gasteiger charge is -2.22. The van der Waals surface area contributed by atoms with E-state index in [1.807, 2.05) is 13.0 Å². The van der Waals surface area contributed by atoms with Crippen molar-refractivity contribution in [1.29, 1.82) is 0 Å². The number of carbonyl (C=O) groups excluding carboxylic acids is 2. The van der Waals surface area contributed by atoms with Crippen LogP contribution < -0.4 is 16.4 Å². The minimum Gasteiger partial charge on any atom is -0.325 e. The number of benzene rings is 1. The molecule has 2 rings (SSSR count). The first kappa shape index (κ1) is 12.9. The van der Waals surface area contributed by atoms with E-state index in [1.54, 1.807) is 19.1 Å². The van der Waals surface area contributed by atoms with Crippen LogP contribution in [-0.2, 0) is 9.59 Å². The van der Waals surface area contributed by atoms with E-state index >= 15 is 0 Å². The van der Waals surface area contributed by atoms with Crippen molar-refractivity contribution < 1.29 is 9.59 Å². The lowest BCUT2D eigenvalue weighted by Crippen LogP contribution is -2.32. The summed E-state index contributed by atoms with van der Waals surface area (Å²) in [4.78, 5) is 24.0. The van der Waals surface area contributed by atoms with Crippen molar-refractivity contribution in [1.82, 2.24) is 0 Å². The zero-order valence-corrected chi connectivity index (χ0v) is 11.0. The van der Waals surface area contributed by atoms with Gasteiger partial charge in [-0.25, -0.2) is 0 Å². The fraction of sp³-hybridized carbons (Fsp3) is 0.333. The average molecular weight is 265 g/mol. The number of nitrogens with two attached hydrogens (primary N) is 1. The van der Waals surface area contributed by atoms with Gasteiger partial charge in [0.25, 0.3) is 0 Å². The fourth-order valence-electron chi connectivity index (χ4n) is 1.54. The second-order valence-corrected chi connectivity index (χ2v) is 5.62. The number of thioether (sulfide) groups is 1. The minimum atomic E-state index is -0.565. The third kappa shape index (κ3) is 2.65. The predicted molar refractivity (Wildman–Crippen MR) is 72.7 cm³/mol. The summed E-state index contributed by atoms with van der Waals surface area (Å²) in [5, 5.41) is 5.41. The molecule has 1 aromatic carbocycles. The van der Waals surface area contributed by atoms with E-state index in [1.165, 1.54) is 11.8 Å². The van der Waals surface area contributed by atoms with Crippen LogP contribution in [0.3, 0.4) is 0 Å². The molecule has 0 radical (unpaired) electrons. The van der Waals surface area contributed by atoms with Gasteiger partial charge in [-0.2, -0.15) is 0 Å². The van der Waals surface area contributed by atoms with E-state index in [0.29, 0.717) is 5.69 Å². The Hall–Kier alpha value is -1.53. The Kier molecular flexibility index (Phi) is 3.58. The van der Waals surface area contributed by atoms with Gasteiger partial charge in [0.2, 0.25) is 11.8 Å².